The van der Waals surface area contributed by atoms with E-state index < -0.39 is 0 Å². The van der Waals surface area contributed by atoms with Gasteiger partial charge in [0, 0.05) is 45.1 Å². The lowest BCUT2D eigenvalue weighted by Crippen LogP contribution is -2.64. The maximum absolute atomic E-state index is 8.04. The summed E-state index contributed by atoms with van der Waals surface area (Å²) in [7, 11) is 0. The molecule has 422 valence electrons. The molecule has 0 radical (unpaired) electrons. The maximum Gasteiger partial charge on any atom is 0.256 e. The molecule has 4 heterocycles. The van der Waals surface area contributed by atoms with Gasteiger partial charge in [0.2, 0.25) is 0 Å². The van der Waals surface area contributed by atoms with Crippen molar-refractivity contribution in [1.29, 1.82) is 0 Å². The van der Waals surface area contributed by atoms with E-state index in [1.54, 1.807) is 11.1 Å². The zero-order valence-corrected chi connectivity index (χ0v) is 53.0. The number of allylic oxidation sites excluding steroid dienone is 6. The second-order valence-corrected chi connectivity index (χ2v) is 33.2. The fourth-order valence-electron chi connectivity index (χ4n) is 18.1. The second kappa shape index (κ2) is 17.1. The topological polar surface area (TPSA) is 22.9 Å². The number of fused-ring (bicyclic) bond motifs is 9. The van der Waals surface area contributed by atoms with E-state index in [4.69, 9.17) is 11.0 Å². The third-order valence-corrected chi connectivity index (χ3v) is 24.2. The highest BCUT2D eigenvalue weighted by molar-refractivity contribution is 7.00. The largest absolute Gasteiger partial charge is 0.445 e. The zero-order valence-electron chi connectivity index (χ0n) is 53.0. The standard InChI is InChI=1S/C75H98BN3O/c1-47-25-21-20-22-30-74(18)31-23-24-32-75(74,19)79(47)50-43-59-62-60(44-50)78(49-27-29-52-54(42-49)69(8,9)36-34-67(52,4)5)65-63(61-64(80-65)73(16,17)40-39-72(61,14)15)76(62)57-45-55-56(71(12,13)38-37-70(55,10)11)46-58(57)77(59)48-26-28-51-53(41-48)68(6,7)35-33-66(51,2)3/h20-22,25-29,41,43-46,49H,1,23-24,30-40,42H2,2-19H3/b22-20-,25-21?. The fourth-order valence-corrected chi connectivity index (χ4v) is 18.1. The van der Waals surface area contributed by atoms with Crippen molar-refractivity contribution in [3.63, 3.8) is 0 Å². The lowest BCUT2D eigenvalue weighted by Gasteiger charge is -2.57. The minimum Gasteiger partial charge on any atom is -0.445 e. The molecule has 9 aliphatic rings. The van der Waals surface area contributed by atoms with Crippen LogP contribution in [0.25, 0.3) is 0 Å². The van der Waals surface area contributed by atoms with E-state index in [0.717, 1.165) is 50.1 Å². The molecule has 6 aliphatic carbocycles. The molecule has 5 heteroatoms. The van der Waals surface area contributed by atoms with Crippen LogP contribution in [0, 0.1) is 16.2 Å². The summed E-state index contributed by atoms with van der Waals surface area (Å²) in [4.78, 5) is 8.35. The first-order valence-electron chi connectivity index (χ1n) is 31.8. The summed E-state index contributed by atoms with van der Waals surface area (Å²) in [6, 6.07) is 18.6. The van der Waals surface area contributed by atoms with E-state index in [1.807, 2.05) is 0 Å². The third kappa shape index (κ3) is 7.70. The Labute approximate surface area is 484 Å². The SMILES string of the molecule is C=C1C=C/C=C\CC2(C)CCCCC2(C)N1c1cc2c3c(c1)N(C1C=CC4=C(C1)C(C)(C)CCC4(C)C)c1oc4c(c1B3c1cc3c(cc1N2c1ccc2c(c1)C(C)(C)CCC2(C)C)C(C)(C)CCC3(C)C)C(C)(C)CCC4(C)C. The summed E-state index contributed by atoms with van der Waals surface area (Å²) in [5.41, 5.74) is 22.5. The van der Waals surface area contributed by atoms with Crippen molar-refractivity contribution in [2.24, 2.45) is 16.2 Å². The third-order valence-electron chi connectivity index (χ3n) is 24.2. The Balaban J connectivity index is 1.19. The number of rotatable bonds is 3. The Bertz CT molecular complexity index is 3440. The molecule has 3 atom stereocenters. The van der Waals surface area contributed by atoms with Crippen molar-refractivity contribution >= 4 is 57.4 Å². The Morgan fingerprint density at radius 1 is 0.525 bits per heavy atom. The summed E-state index contributed by atoms with van der Waals surface area (Å²) < 4.78 is 8.04. The van der Waals surface area contributed by atoms with Crippen LogP contribution in [0.15, 0.2) is 107 Å². The van der Waals surface area contributed by atoms with Crippen LogP contribution < -0.4 is 31.1 Å². The smallest absolute Gasteiger partial charge is 0.256 e. The van der Waals surface area contributed by atoms with E-state index >= 15 is 0 Å². The van der Waals surface area contributed by atoms with Crippen LogP contribution in [0.4, 0.5) is 34.3 Å². The molecule has 80 heavy (non-hydrogen) atoms. The normalized spacial score (nSPS) is 29.6. The van der Waals surface area contributed by atoms with Crippen LogP contribution >= 0.6 is 0 Å². The molecule has 3 unspecified atom stereocenters. The zero-order chi connectivity index (χ0) is 57.1. The number of hydrogen-bond donors (Lipinski definition) is 0. The molecule has 1 fully saturated rings. The van der Waals surface area contributed by atoms with Crippen molar-refractivity contribution in [3.05, 3.63) is 136 Å². The Kier molecular flexibility index (Phi) is 11.6. The van der Waals surface area contributed by atoms with Gasteiger partial charge in [0.05, 0.1) is 6.04 Å². The molecular weight excluding hydrogens is 970 g/mol. The van der Waals surface area contributed by atoms with Crippen molar-refractivity contribution < 1.29 is 4.42 Å². The van der Waals surface area contributed by atoms with Crippen LogP contribution in [0.2, 0.25) is 0 Å². The van der Waals surface area contributed by atoms with Gasteiger partial charge in [-0.15, -0.1) is 0 Å². The van der Waals surface area contributed by atoms with E-state index in [9.17, 15) is 0 Å². The maximum atomic E-state index is 8.04. The van der Waals surface area contributed by atoms with Crippen LogP contribution in [0.5, 0.6) is 0 Å². The molecule has 4 aromatic rings. The van der Waals surface area contributed by atoms with Gasteiger partial charge in [0.1, 0.15) is 5.76 Å². The highest BCUT2D eigenvalue weighted by Gasteiger charge is 2.57. The lowest BCUT2D eigenvalue weighted by atomic mass is 9.32. The van der Waals surface area contributed by atoms with Gasteiger partial charge in [-0.2, -0.15) is 0 Å². The molecule has 1 saturated carbocycles. The van der Waals surface area contributed by atoms with Gasteiger partial charge >= 0.3 is 0 Å². The van der Waals surface area contributed by atoms with Crippen molar-refractivity contribution in [1.82, 2.24) is 0 Å². The van der Waals surface area contributed by atoms with Crippen molar-refractivity contribution in [2.75, 3.05) is 14.7 Å². The Morgan fingerprint density at radius 3 is 1.81 bits per heavy atom. The first-order valence-corrected chi connectivity index (χ1v) is 31.8. The Morgan fingerprint density at radius 2 is 1.11 bits per heavy atom. The van der Waals surface area contributed by atoms with Crippen LogP contribution in [-0.2, 0) is 32.5 Å². The van der Waals surface area contributed by atoms with Crippen LogP contribution in [0.1, 0.15) is 248 Å². The molecule has 0 spiro atoms. The van der Waals surface area contributed by atoms with Crippen LogP contribution in [0.3, 0.4) is 0 Å². The van der Waals surface area contributed by atoms with E-state index in [1.165, 1.54) is 130 Å². The predicted octanol–water partition coefficient (Wildman–Crippen LogP) is 18.7. The molecule has 3 aliphatic heterocycles. The first-order chi connectivity index (χ1) is 37.2. The quantitative estimate of drug-likeness (QED) is 0.168. The van der Waals surface area contributed by atoms with Gasteiger partial charge in [-0.05, 0) is 213 Å². The van der Waals surface area contributed by atoms with E-state index in [-0.39, 0.29) is 67.0 Å². The first kappa shape index (κ1) is 54.4. The van der Waals surface area contributed by atoms with Gasteiger partial charge < -0.3 is 19.1 Å². The molecule has 0 bridgehead atoms. The van der Waals surface area contributed by atoms with E-state index in [0.29, 0.717) is 0 Å². The molecule has 0 saturated heterocycles. The number of benzene rings is 3. The number of hydrogen-bond acceptors (Lipinski definition) is 4. The highest BCUT2D eigenvalue weighted by Crippen LogP contribution is 2.60. The molecule has 3 aromatic carbocycles. The fraction of sp³-hybridized carbons (Fsp3) is 0.573. The average Bonchev–Trinajstić information content (AvgIpc) is 3.06. The van der Waals surface area contributed by atoms with E-state index in [2.05, 4.69) is 218 Å². The molecule has 0 N–H and O–H groups in total. The summed E-state index contributed by atoms with van der Waals surface area (Å²) in [6.07, 6.45) is 30.5. The lowest BCUT2D eigenvalue weighted by molar-refractivity contribution is 0.0949. The number of nitrogens with zero attached hydrogens (tertiary/aromatic N) is 3. The van der Waals surface area contributed by atoms with Crippen molar-refractivity contribution in [3.8, 4) is 0 Å². The predicted molar refractivity (Wildman–Crippen MR) is 343 cm³/mol. The van der Waals surface area contributed by atoms with Gasteiger partial charge in [-0.25, -0.2) is 0 Å². The highest BCUT2D eigenvalue weighted by atomic mass is 16.4. The Hall–Kier alpha value is -4.90. The monoisotopic (exact) mass is 1070 g/mol. The van der Waals surface area contributed by atoms with Crippen molar-refractivity contribution in [2.45, 2.75) is 259 Å². The second-order valence-electron chi connectivity index (χ2n) is 33.2. The van der Waals surface area contributed by atoms with Gasteiger partial charge in [0.15, 0.2) is 5.88 Å². The van der Waals surface area contributed by atoms with Gasteiger partial charge in [-0.1, -0.05) is 185 Å². The molecular formula is C75H98BN3O. The average molecular weight is 1070 g/mol. The molecule has 1 aromatic heterocycles. The number of furan rings is 1. The summed E-state index contributed by atoms with van der Waals surface area (Å²) in [5, 5.41) is 0. The van der Waals surface area contributed by atoms with Gasteiger partial charge in [-0.3, -0.25) is 0 Å². The summed E-state index contributed by atoms with van der Waals surface area (Å²) in [6.45, 7) is 50.4. The summed E-state index contributed by atoms with van der Waals surface area (Å²) >= 11 is 0. The minimum atomic E-state index is -0.208. The van der Waals surface area contributed by atoms with Gasteiger partial charge in [0.25, 0.3) is 6.71 Å². The number of anilines is 6. The molecule has 4 nitrogen and oxygen atoms in total. The molecule has 0 amide bonds. The van der Waals surface area contributed by atoms with Crippen LogP contribution in [-0.4, -0.2) is 18.3 Å². The summed E-state index contributed by atoms with van der Waals surface area (Å²) in [5.74, 6) is 2.29. The minimum absolute atomic E-state index is 0.0135. The molecule has 13 rings (SSSR count).